The van der Waals surface area contributed by atoms with Gasteiger partial charge in [0.15, 0.2) is 5.69 Å². The Hall–Kier alpha value is -1.63. The summed E-state index contributed by atoms with van der Waals surface area (Å²) in [7, 11) is 0. The Kier molecular flexibility index (Phi) is 3.48. The summed E-state index contributed by atoms with van der Waals surface area (Å²) in [5, 5.41) is 11.3. The van der Waals surface area contributed by atoms with Gasteiger partial charge in [0.1, 0.15) is 10.6 Å². The van der Waals surface area contributed by atoms with E-state index in [0.29, 0.717) is 0 Å². The van der Waals surface area contributed by atoms with E-state index in [1.807, 2.05) is 0 Å². The summed E-state index contributed by atoms with van der Waals surface area (Å²) in [6.07, 6.45) is -0.695. The predicted octanol–water partition coefficient (Wildman–Crippen LogP) is 2.19. The highest BCUT2D eigenvalue weighted by molar-refractivity contribution is 7.14. The van der Waals surface area contributed by atoms with Gasteiger partial charge in [0.2, 0.25) is 0 Å². The number of hydrogen-bond acceptors (Lipinski definition) is 5. The molecule has 88 valence electrons. The van der Waals surface area contributed by atoms with Crippen LogP contribution in [0.2, 0.25) is 0 Å². The summed E-state index contributed by atoms with van der Waals surface area (Å²) in [4.78, 5) is 25.7. The average Bonchev–Trinajstić information content (AvgIpc) is 2.47. The number of hydrogen-bond donors (Lipinski definition) is 2. The predicted molar refractivity (Wildman–Crippen MR) is 58.9 cm³/mol. The zero-order chi connectivity index (χ0) is 12.3. The third-order valence-corrected chi connectivity index (χ3v) is 2.13. The first kappa shape index (κ1) is 12.4. The molecule has 1 aromatic rings. The van der Waals surface area contributed by atoms with Crippen molar-refractivity contribution in [3.05, 3.63) is 11.2 Å². The normalized spacial score (nSPS) is 10.9. The molecule has 1 amide bonds. The van der Waals surface area contributed by atoms with E-state index in [9.17, 15) is 9.59 Å². The Bertz CT molecular complexity index is 408. The van der Waals surface area contributed by atoms with E-state index in [1.165, 1.54) is 5.51 Å². The SMILES string of the molecule is CC(C)(C)OC(=O)Nc1scnc1C(=O)O. The second-order valence-corrected chi connectivity index (χ2v) is 4.82. The van der Waals surface area contributed by atoms with E-state index >= 15 is 0 Å². The second kappa shape index (κ2) is 4.48. The fourth-order valence-electron chi connectivity index (χ4n) is 0.884. The molecule has 0 aliphatic rings. The van der Waals surface area contributed by atoms with Crippen LogP contribution in [-0.2, 0) is 4.74 Å². The maximum atomic E-state index is 11.4. The molecular weight excluding hydrogens is 232 g/mol. The standard InChI is InChI=1S/C9H12N2O4S/c1-9(2,3)15-8(14)11-6-5(7(12)13)10-4-16-6/h4H,1-3H3,(H,11,14)(H,12,13). The van der Waals surface area contributed by atoms with Crippen LogP contribution in [0.5, 0.6) is 0 Å². The monoisotopic (exact) mass is 244 g/mol. The van der Waals surface area contributed by atoms with Crippen LogP contribution >= 0.6 is 11.3 Å². The van der Waals surface area contributed by atoms with Gasteiger partial charge in [-0.1, -0.05) is 0 Å². The van der Waals surface area contributed by atoms with Crippen molar-refractivity contribution in [2.75, 3.05) is 5.32 Å². The molecule has 6 nitrogen and oxygen atoms in total. The lowest BCUT2D eigenvalue weighted by atomic mass is 10.2. The topological polar surface area (TPSA) is 88.5 Å². The van der Waals surface area contributed by atoms with Gasteiger partial charge in [0, 0.05) is 0 Å². The van der Waals surface area contributed by atoms with Gasteiger partial charge in [-0.15, -0.1) is 11.3 Å². The summed E-state index contributed by atoms with van der Waals surface area (Å²) in [5.74, 6) is -1.19. The first-order valence-corrected chi connectivity index (χ1v) is 5.34. The minimum atomic E-state index is -1.19. The van der Waals surface area contributed by atoms with Crippen molar-refractivity contribution >= 4 is 28.4 Å². The van der Waals surface area contributed by atoms with Crippen LogP contribution in [0.1, 0.15) is 31.3 Å². The molecule has 1 rings (SSSR count). The number of thiazole rings is 1. The molecule has 0 unspecified atom stereocenters. The van der Waals surface area contributed by atoms with Crippen LogP contribution in [0, 0.1) is 0 Å². The molecule has 7 heteroatoms. The minimum Gasteiger partial charge on any atom is -0.476 e. The molecule has 0 aliphatic carbocycles. The van der Waals surface area contributed by atoms with E-state index in [2.05, 4.69) is 10.3 Å². The number of aromatic nitrogens is 1. The number of nitrogens with one attached hydrogen (secondary N) is 1. The van der Waals surface area contributed by atoms with Crippen LogP contribution in [0.15, 0.2) is 5.51 Å². The largest absolute Gasteiger partial charge is 0.476 e. The van der Waals surface area contributed by atoms with Gasteiger partial charge in [-0.05, 0) is 20.8 Å². The maximum absolute atomic E-state index is 11.4. The van der Waals surface area contributed by atoms with Crippen molar-refractivity contribution in [1.29, 1.82) is 0 Å². The highest BCUT2D eigenvalue weighted by Gasteiger charge is 2.20. The number of nitrogens with zero attached hydrogens (tertiary/aromatic N) is 1. The van der Waals surface area contributed by atoms with Crippen LogP contribution in [0.25, 0.3) is 0 Å². The average molecular weight is 244 g/mol. The molecule has 1 heterocycles. The lowest BCUT2D eigenvalue weighted by Crippen LogP contribution is -2.27. The maximum Gasteiger partial charge on any atom is 0.412 e. The molecule has 0 aliphatic heterocycles. The van der Waals surface area contributed by atoms with Crippen molar-refractivity contribution in [1.82, 2.24) is 4.98 Å². The van der Waals surface area contributed by atoms with Crippen molar-refractivity contribution in [2.24, 2.45) is 0 Å². The molecule has 0 aromatic carbocycles. The third-order valence-electron chi connectivity index (χ3n) is 1.38. The molecule has 0 bridgehead atoms. The van der Waals surface area contributed by atoms with Gasteiger partial charge in [-0.25, -0.2) is 14.6 Å². The Labute approximate surface area is 96.3 Å². The quantitative estimate of drug-likeness (QED) is 0.832. The summed E-state index contributed by atoms with van der Waals surface area (Å²) in [6.45, 7) is 5.16. The zero-order valence-electron chi connectivity index (χ0n) is 9.10. The summed E-state index contributed by atoms with van der Waals surface area (Å²) in [6, 6.07) is 0. The zero-order valence-corrected chi connectivity index (χ0v) is 9.92. The van der Waals surface area contributed by atoms with Gasteiger partial charge in [-0.3, -0.25) is 5.32 Å². The first-order chi connectivity index (χ1) is 7.29. The lowest BCUT2D eigenvalue weighted by Gasteiger charge is -2.19. The van der Waals surface area contributed by atoms with E-state index in [1.54, 1.807) is 20.8 Å². The molecule has 0 spiro atoms. The summed E-state index contributed by atoms with van der Waals surface area (Å²) < 4.78 is 4.98. The van der Waals surface area contributed by atoms with E-state index < -0.39 is 17.7 Å². The number of carbonyl (C=O) groups is 2. The van der Waals surface area contributed by atoms with E-state index in [0.717, 1.165) is 11.3 Å². The van der Waals surface area contributed by atoms with Crippen LogP contribution in [-0.4, -0.2) is 27.8 Å². The fourth-order valence-corrected chi connectivity index (χ4v) is 1.54. The Morgan fingerprint density at radius 2 is 2.12 bits per heavy atom. The Morgan fingerprint density at radius 3 is 2.62 bits per heavy atom. The van der Waals surface area contributed by atoms with Crippen LogP contribution in [0.4, 0.5) is 9.80 Å². The number of carboxylic acid groups (broad SMARTS) is 1. The van der Waals surface area contributed by atoms with Crippen molar-refractivity contribution in [3.8, 4) is 0 Å². The number of carboxylic acids is 1. The van der Waals surface area contributed by atoms with Gasteiger partial charge in [0.05, 0.1) is 5.51 Å². The molecule has 0 radical (unpaired) electrons. The minimum absolute atomic E-state index is 0.168. The molecule has 0 atom stereocenters. The molecule has 1 aromatic heterocycles. The molecule has 0 saturated heterocycles. The van der Waals surface area contributed by atoms with Crippen LogP contribution < -0.4 is 5.32 Å². The molecule has 0 fully saturated rings. The number of carbonyl (C=O) groups excluding carboxylic acids is 1. The fraction of sp³-hybridized carbons (Fsp3) is 0.444. The smallest absolute Gasteiger partial charge is 0.412 e. The van der Waals surface area contributed by atoms with Gasteiger partial charge in [-0.2, -0.15) is 0 Å². The number of amides is 1. The van der Waals surface area contributed by atoms with Crippen molar-refractivity contribution < 1.29 is 19.4 Å². The van der Waals surface area contributed by atoms with Crippen LogP contribution in [0.3, 0.4) is 0 Å². The van der Waals surface area contributed by atoms with Crippen molar-refractivity contribution in [3.63, 3.8) is 0 Å². The number of rotatable bonds is 2. The molecule has 2 N–H and O–H groups in total. The van der Waals surface area contributed by atoms with Gasteiger partial charge in [0.25, 0.3) is 0 Å². The highest BCUT2D eigenvalue weighted by atomic mass is 32.1. The van der Waals surface area contributed by atoms with E-state index in [-0.39, 0.29) is 10.7 Å². The molecular formula is C9H12N2O4S. The Morgan fingerprint density at radius 1 is 1.50 bits per heavy atom. The molecule has 0 saturated carbocycles. The van der Waals surface area contributed by atoms with E-state index in [4.69, 9.17) is 9.84 Å². The van der Waals surface area contributed by atoms with Gasteiger partial charge >= 0.3 is 12.1 Å². The molecule has 16 heavy (non-hydrogen) atoms. The highest BCUT2D eigenvalue weighted by Crippen LogP contribution is 2.21. The lowest BCUT2D eigenvalue weighted by molar-refractivity contribution is 0.0636. The number of ether oxygens (including phenoxy) is 1. The second-order valence-electron chi connectivity index (χ2n) is 3.96. The number of aromatic carboxylic acids is 1. The third kappa shape index (κ3) is 3.50. The summed E-state index contributed by atoms with van der Waals surface area (Å²) in [5.41, 5.74) is 0.532. The van der Waals surface area contributed by atoms with Crippen molar-refractivity contribution in [2.45, 2.75) is 26.4 Å². The van der Waals surface area contributed by atoms with Gasteiger partial charge < -0.3 is 9.84 Å². The summed E-state index contributed by atoms with van der Waals surface area (Å²) >= 11 is 1.03. The number of anilines is 1. The first-order valence-electron chi connectivity index (χ1n) is 4.46. The Balaban J connectivity index is 2.70.